The van der Waals surface area contributed by atoms with Gasteiger partial charge in [0.05, 0.1) is 17.9 Å². The number of unbranched alkanes of at least 4 members (excludes halogenated alkanes) is 1. The fourth-order valence-electron chi connectivity index (χ4n) is 3.66. The van der Waals surface area contributed by atoms with Crippen molar-refractivity contribution in [2.45, 2.75) is 38.0 Å². The number of hydrogen-bond donors (Lipinski definition) is 1. The Bertz CT molecular complexity index is 1270. The van der Waals surface area contributed by atoms with Gasteiger partial charge in [-0.15, -0.1) is 0 Å². The maximum atomic E-state index is 13.5. The number of benzene rings is 3. The van der Waals surface area contributed by atoms with Crippen molar-refractivity contribution in [2.75, 3.05) is 16.8 Å². The Morgan fingerprint density at radius 3 is 2.22 bits per heavy atom. The van der Waals surface area contributed by atoms with E-state index in [1.165, 1.54) is 17.3 Å². The van der Waals surface area contributed by atoms with E-state index >= 15 is 0 Å². The topological polar surface area (TPSA) is 75.7 Å². The van der Waals surface area contributed by atoms with Crippen LogP contribution in [0.15, 0.2) is 94.4 Å². The summed E-state index contributed by atoms with van der Waals surface area (Å²) in [5.74, 6) is -1.29. The first-order chi connectivity index (χ1) is 17.5. The van der Waals surface area contributed by atoms with Gasteiger partial charge in [-0.3, -0.25) is 9.59 Å². The minimum atomic E-state index is -0.448. The third-order valence-corrected chi connectivity index (χ3v) is 6.82. The van der Waals surface area contributed by atoms with Crippen LogP contribution in [0.2, 0.25) is 0 Å². The summed E-state index contributed by atoms with van der Waals surface area (Å²) in [4.78, 5) is 41.6. The van der Waals surface area contributed by atoms with Gasteiger partial charge in [-0.25, -0.2) is 9.69 Å². The molecule has 0 fully saturated rings. The smallest absolute Gasteiger partial charge is 0.338 e. The lowest BCUT2D eigenvalue weighted by molar-refractivity contribution is -0.120. The first kappa shape index (κ1) is 25.3. The maximum Gasteiger partial charge on any atom is 0.338 e. The van der Waals surface area contributed by atoms with Crippen LogP contribution in [-0.2, 0) is 20.7 Å². The predicted molar refractivity (Wildman–Crippen MR) is 143 cm³/mol. The van der Waals surface area contributed by atoms with Gasteiger partial charge < -0.3 is 10.1 Å². The van der Waals surface area contributed by atoms with Crippen molar-refractivity contribution < 1.29 is 19.1 Å². The highest BCUT2D eigenvalue weighted by Crippen LogP contribution is 2.37. The first-order valence-electron chi connectivity index (χ1n) is 12.0. The fraction of sp³-hybridized carbons (Fsp3) is 0.207. The number of thioether (sulfide) groups is 1. The van der Waals surface area contributed by atoms with Crippen molar-refractivity contribution in [3.8, 4) is 0 Å². The molecule has 7 heteroatoms. The Balaban J connectivity index is 1.61. The minimum absolute atomic E-state index is 0.223. The molecule has 36 heavy (non-hydrogen) atoms. The molecule has 0 saturated carbocycles. The molecule has 0 aromatic heterocycles. The highest BCUT2D eigenvalue weighted by Gasteiger charge is 2.40. The highest BCUT2D eigenvalue weighted by atomic mass is 32.2. The fourth-order valence-corrected chi connectivity index (χ4v) is 4.61. The summed E-state index contributed by atoms with van der Waals surface area (Å²) in [6.45, 7) is 4.46. The molecule has 184 valence electrons. The van der Waals surface area contributed by atoms with Crippen molar-refractivity contribution in [2.24, 2.45) is 0 Å². The number of rotatable bonds is 10. The Morgan fingerprint density at radius 1 is 0.889 bits per heavy atom. The van der Waals surface area contributed by atoms with Crippen LogP contribution >= 0.6 is 11.8 Å². The van der Waals surface area contributed by atoms with E-state index in [0.717, 1.165) is 34.7 Å². The molecular formula is C29H28N2O4S. The van der Waals surface area contributed by atoms with Crippen LogP contribution in [0.4, 0.5) is 11.4 Å². The van der Waals surface area contributed by atoms with Gasteiger partial charge in [0.1, 0.15) is 10.6 Å². The number of carbonyl (C=O) groups is 3. The molecule has 1 aliphatic heterocycles. The molecule has 3 aromatic rings. The molecule has 4 rings (SSSR count). The zero-order chi connectivity index (χ0) is 25.5. The molecule has 0 unspecified atom stereocenters. The number of carbonyl (C=O) groups excluding carboxylic acids is 3. The normalized spacial score (nSPS) is 13.3. The minimum Gasteiger partial charge on any atom is -0.462 e. The van der Waals surface area contributed by atoms with Gasteiger partial charge in [-0.1, -0.05) is 62.4 Å². The zero-order valence-electron chi connectivity index (χ0n) is 20.3. The SMILES string of the molecule is CCCCOC(=O)c1ccc(N2C(=O)C(Nc3ccc(CC)cc3)=C(Sc3ccccc3)C2=O)cc1. The van der Waals surface area contributed by atoms with Crippen molar-refractivity contribution in [3.05, 3.63) is 101 Å². The second-order valence-electron chi connectivity index (χ2n) is 8.28. The number of nitrogens with one attached hydrogen (secondary N) is 1. The molecule has 0 atom stereocenters. The van der Waals surface area contributed by atoms with Crippen LogP contribution in [0.25, 0.3) is 0 Å². The number of amides is 2. The average molecular weight is 501 g/mol. The lowest BCUT2D eigenvalue weighted by atomic mass is 10.1. The predicted octanol–water partition coefficient (Wildman–Crippen LogP) is 6.20. The molecule has 0 aliphatic carbocycles. The molecule has 3 aromatic carbocycles. The van der Waals surface area contributed by atoms with E-state index in [4.69, 9.17) is 4.74 Å². The van der Waals surface area contributed by atoms with Crippen LogP contribution in [0.3, 0.4) is 0 Å². The first-order valence-corrected chi connectivity index (χ1v) is 12.8. The summed E-state index contributed by atoms with van der Waals surface area (Å²) in [6.07, 6.45) is 2.64. The van der Waals surface area contributed by atoms with E-state index in [1.54, 1.807) is 24.3 Å². The van der Waals surface area contributed by atoms with Crippen molar-refractivity contribution >= 4 is 40.9 Å². The number of esters is 1. The third-order valence-electron chi connectivity index (χ3n) is 5.73. The molecule has 1 aliphatic rings. The molecule has 0 saturated heterocycles. The molecule has 0 bridgehead atoms. The summed E-state index contributed by atoms with van der Waals surface area (Å²) >= 11 is 1.25. The van der Waals surface area contributed by atoms with Gasteiger partial charge in [0.25, 0.3) is 11.8 Å². The number of nitrogens with zero attached hydrogens (tertiary/aromatic N) is 1. The molecule has 0 spiro atoms. The molecule has 2 amide bonds. The van der Waals surface area contributed by atoms with E-state index in [0.29, 0.717) is 22.8 Å². The number of ether oxygens (including phenoxy) is 1. The summed E-state index contributed by atoms with van der Waals surface area (Å²) in [5, 5.41) is 3.17. The highest BCUT2D eigenvalue weighted by molar-refractivity contribution is 8.04. The van der Waals surface area contributed by atoms with Gasteiger partial charge in [-0.2, -0.15) is 0 Å². The molecule has 1 N–H and O–H groups in total. The summed E-state index contributed by atoms with van der Waals surface area (Å²) in [5.41, 5.74) is 2.88. The van der Waals surface area contributed by atoms with Crippen LogP contribution < -0.4 is 10.2 Å². The van der Waals surface area contributed by atoms with Gasteiger partial charge in [0, 0.05) is 10.6 Å². The Hall–Kier alpha value is -3.84. The number of imide groups is 1. The molecule has 6 nitrogen and oxygen atoms in total. The standard InChI is InChI=1S/C29H28N2O4S/c1-3-5-19-35-29(34)21-13-17-23(18-14-21)31-27(32)25(30-22-15-11-20(4-2)12-16-22)26(28(31)33)36-24-9-7-6-8-10-24/h6-18,30H,3-5,19H2,1-2H3. The second-order valence-corrected chi connectivity index (χ2v) is 9.36. The van der Waals surface area contributed by atoms with Gasteiger partial charge in [0.2, 0.25) is 0 Å². The van der Waals surface area contributed by atoms with Gasteiger partial charge >= 0.3 is 5.97 Å². The molecular weight excluding hydrogens is 472 g/mol. The van der Waals surface area contributed by atoms with E-state index in [9.17, 15) is 14.4 Å². The van der Waals surface area contributed by atoms with Crippen LogP contribution in [0.1, 0.15) is 42.6 Å². The summed E-state index contributed by atoms with van der Waals surface area (Å²) in [7, 11) is 0. The van der Waals surface area contributed by atoms with Gasteiger partial charge in [0.15, 0.2) is 0 Å². The lowest BCUT2D eigenvalue weighted by Gasteiger charge is -2.16. The Kier molecular flexibility index (Phi) is 8.23. The lowest BCUT2D eigenvalue weighted by Crippen LogP contribution is -2.32. The monoisotopic (exact) mass is 500 g/mol. The van der Waals surface area contributed by atoms with E-state index in [2.05, 4.69) is 12.2 Å². The number of aryl methyl sites for hydroxylation is 1. The Labute approximate surface area is 215 Å². The summed E-state index contributed by atoms with van der Waals surface area (Å²) in [6, 6.07) is 23.6. The third kappa shape index (κ3) is 5.69. The van der Waals surface area contributed by atoms with E-state index in [1.807, 2.05) is 61.5 Å². The second kappa shape index (κ2) is 11.7. The van der Waals surface area contributed by atoms with Gasteiger partial charge in [-0.05, 0) is 66.9 Å². The summed E-state index contributed by atoms with van der Waals surface area (Å²) < 4.78 is 5.25. The average Bonchev–Trinajstić information content (AvgIpc) is 3.13. The maximum absolute atomic E-state index is 13.5. The van der Waals surface area contributed by atoms with Crippen molar-refractivity contribution in [3.63, 3.8) is 0 Å². The Morgan fingerprint density at radius 2 is 1.58 bits per heavy atom. The zero-order valence-corrected chi connectivity index (χ0v) is 21.1. The molecule has 0 radical (unpaired) electrons. The number of hydrogen-bond acceptors (Lipinski definition) is 6. The van der Waals surface area contributed by atoms with Crippen LogP contribution in [0.5, 0.6) is 0 Å². The van der Waals surface area contributed by atoms with E-state index < -0.39 is 17.8 Å². The van der Waals surface area contributed by atoms with Crippen molar-refractivity contribution in [1.29, 1.82) is 0 Å². The quantitative estimate of drug-likeness (QED) is 0.203. The van der Waals surface area contributed by atoms with Crippen LogP contribution in [-0.4, -0.2) is 24.4 Å². The largest absolute Gasteiger partial charge is 0.462 e. The van der Waals surface area contributed by atoms with Crippen LogP contribution in [0, 0.1) is 0 Å². The van der Waals surface area contributed by atoms with Crippen molar-refractivity contribution in [1.82, 2.24) is 0 Å². The van der Waals surface area contributed by atoms with E-state index in [-0.39, 0.29) is 5.70 Å². The number of anilines is 2. The molecule has 1 heterocycles.